The highest BCUT2D eigenvalue weighted by atomic mass is 16.5. The minimum atomic E-state index is -0.289. The molecule has 0 spiro atoms. The first kappa shape index (κ1) is 21.6. The van der Waals surface area contributed by atoms with Crippen LogP contribution in [0.3, 0.4) is 0 Å². The molecule has 6 rings (SSSR count). The van der Waals surface area contributed by atoms with Crippen molar-refractivity contribution in [2.75, 3.05) is 33.4 Å². The van der Waals surface area contributed by atoms with Gasteiger partial charge in [-0.1, -0.05) is 18.2 Å². The van der Waals surface area contributed by atoms with Crippen molar-refractivity contribution < 1.29 is 19.1 Å². The van der Waals surface area contributed by atoms with Crippen molar-refractivity contribution in [2.24, 2.45) is 4.99 Å². The van der Waals surface area contributed by atoms with E-state index in [2.05, 4.69) is 11.1 Å². The van der Waals surface area contributed by atoms with E-state index in [1.165, 1.54) is 5.56 Å². The predicted octanol–water partition coefficient (Wildman–Crippen LogP) is 2.78. The maximum atomic E-state index is 13.2. The molecule has 172 valence electrons. The highest BCUT2D eigenvalue weighted by Gasteiger charge is 2.37. The van der Waals surface area contributed by atoms with E-state index in [-0.39, 0.29) is 36.6 Å². The minimum Gasteiger partial charge on any atom is -0.483 e. The molecular formula is C25H33N3O4. The van der Waals surface area contributed by atoms with Gasteiger partial charge in [-0.25, -0.2) is 4.99 Å². The van der Waals surface area contributed by atoms with Crippen molar-refractivity contribution in [3.8, 4) is 5.75 Å². The normalized spacial score (nSPS) is 32.6. The van der Waals surface area contributed by atoms with Gasteiger partial charge in [0.2, 0.25) is 0 Å². The van der Waals surface area contributed by atoms with Crippen molar-refractivity contribution in [1.29, 1.82) is 0 Å². The summed E-state index contributed by atoms with van der Waals surface area (Å²) >= 11 is 0. The quantitative estimate of drug-likeness (QED) is 0.673. The fourth-order valence-electron chi connectivity index (χ4n) is 5.53. The molecule has 1 aromatic carbocycles. The Balaban J connectivity index is 1.41. The van der Waals surface area contributed by atoms with Crippen molar-refractivity contribution in [3.63, 3.8) is 0 Å². The lowest BCUT2D eigenvalue weighted by Gasteiger charge is -2.39. The molecule has 4 aliphatic heterocycles. The number of nitrogens with zero attached hydrogens (tertiary/aromatic N) is 3. The van der Waals surface area contributed by atoms with E-state index in [1.807, 2.05) is 35.0 Å². The lowest BCUT2D eigenvalue weighted by molar-refractivity contribution is -0.136. The second-order valence-corrected chi connectivity index (χ2v) is 9.57. The summed E-state index contributed by atoms with van der Waals surface area (Å²) in [5.74, 6) is 1.10. The van der Waals surface area contributed by atoms with Crippen LogP contribution in [-0.4, -0.2) is 78.9 Å². The van der Waals surface area contributed by atoms with Gasteiger partial charge in [0.15, 0.2) is 6.61 Å². The predicted molar refractivity (Wildman–Crippen MR) is 121 cm³/mol. The number of fused-ring (bicyclic) bond motifs is 5. The first-order chi connectivity index (χ1) is 15.6. The molecule has 1 saturated carbocycles. The number of carbonyl (C=O) groups excluding carboxylic acids is 2. The van der Waals surface area contributed by atoms with Crippen LogP contribution in [0.1, 0.15) is 56.4 Å². The molecule has 1 aromatic rings. The molecule has 2 atom stereocenters. The molecule has 2 bridgehead atoms. The van der Waals surface area contributed by atoms with Crippen LogP contribution >= 0.6 is 0 Å². The summed E-state index contributed by atoms with van der Waals surface area (Å²) in [6, 6.07) is 7.70. The fraction of sp³-hybridized carbons (Fsp3) is 0.640. The van der Waals surface area contributed by atoms with E-state index < -0.39 is 0 Å². The van der Waals surface area contributed by atoms with Gasteiger partial charge < -0.3 is 14.4 Å². The number of para-hydroxylation sites is 1. The average Bonchev–Trinajstić information content (AvgIpc) is 2.82. The number of piperidine rings is 1. The van der Waals surface area contributed by atoms with Gasteiger partial charge >= 0.3 is 0 Å². The Morgan fingerprint density at radius 1 is 1.09 bits per heavy atom. The zero-order valence-corrected chi connectivity index (χ0v) is 18.9. The number of amides is 2. The number of carbonyl (C=O) groups is 2. The third-order valence-electron chi connectivity index (χ3n) is 7.61. The van der Waals surface area contributed by atoms with Crippen molar-refractivity contribution >= 4 is 17.5 Å². The van der Waals surface area contributed by atoms with Crippen LogP contribution in [0.25, 0.3) is 0 Å². The van der Waals surface area contributed by atoms with E-state index in [1.54, 1.807) is 0 Å². The summed E-state index contributed by atoms with van der Waals surface area (Å²) in [7, 11) is 1.95. The first-order valence-electron chi connectivity index (χ1n) is 12.0. The fourth-order valence-corrected chi connectivity index (χ4v) is 5.53. The summed E-state index contributed by atoms with van der Waals surface area (Å²) in [5, 5.41) is 0. The maximum Gasteiger partial charge on any atom is 0.263 e. The van der Waals surface area contributed by atoms with Crippen molar-refractivity contribution in [3.05, 3.63) is 29.8 Å². The number of benzene rings is 1. The van der Waals surface area contributed by atoms with E-state index in [0.29, 0.717) is 19.1 Å². The van der Waals surface area contributed by atoms with Gasteiger partial charge in [0.1, 0.15) is 5.75 Å². The molecule has 3 fully saturated rings. The van der Waals surface area contributed by atoms with E-state index >= 15 is 0 Å². The number of aliphatic imine (C=N–C) groups is 1. The molecule has 1 aliphatic carbocycles. The number of hydrogen-bond donors (Lipinski definition) is 0. The zero-order chi connectivity index (χ0) is 22.1. The van der Waals surface area contributed by atoms with Gasteiger partial charge in [0.05, 0.1) is 24.8 Å². The van der Waals surface area contributed by atoms with Crippen LogP contribution in [0.2, 0.25) is 0 Å². The summed E-state index contributed by atoms with van der Waals surface area (Å²) in [4.78, 5) is 34.4. The van der Waals surface area contributed by atoms with Gasteiger partial charge in [0.25, 0.3) is 11.8 Å². The maximum absolute atomic E-state index is 13.2. The van der Waals surface area contributed by atoms with Gasteiger partial charge in [-0.05, 0) is 69.5 Å². The van der Waals surface area contributed by atoms with E-state index in [9.17, 15) is 9.59 Å². The molecule has 0 aromatic heterocycles. The van der Waals surface area contributed by atoms with Crippen LogP contribution < -0.4 is 4.74 Å². The molecule has 5 aliphatic rings. The molecule has 2 saturated heterocycles. The molecular weight excluding hydrogens is 406 g/mol. The largest absolute Gasteiger partial charge is 0.483 e. The van der Waals surface area contributed by atoms with Crippen molar-refractivity contribution in [2.45, 2.75) is 69.1 Å². The smallest absolute Gasteiger partial charge is 0.263 e. The van der Waals surface area contributed by atoms with Crippen LogP contribution in [0.15, 0.2) is 29.3 Å². The summed E-state index contributed by atoms with van der Waals surface area (Å²) < 4.78 is 12.4. The van der Waals surface area contributed by atoms with Crippen LogP contribution in [0.5, 0.6) is 5.75 Å². The summed E-state index contributed by atoms with van der Waals surface area (Å²) in [5.41, 5.74) is 1.99. The number of likely N-dealkylation sites (tertiary alicyclic amines) is 1. The summed E-state index contributed by atoms with van der Waals surface area (Å²) in [6.07, 6.45) is 6.69. The molecule has 2 amide bonds. The second-order valence-electron chi connectivity index (χ2n) is 9.57. The topological polar surface area (TPSA) is 71.4 Å². The zero-order valence-electron chi connectivity index (χ0n) is 18.9. The number of rotatable bonds is 1. The second kappa shape index (κ2) is 9.32. The Labute approximate surface area is 189 Å². The number of ether oxygens (including phenoxy) is 2. The van der Waals surface area contributed by atoms with Gasteiger partial charge in [-0.2, -0.15) is 0 Å². The monoisotopic (exact) mass is 439 g/mol. The molecule has 0 N–H and O–H groups in total. The first-order valence-corrected chi connectivity index (χ1v) is 12.0. The third-order valence-corrected chi connectivity index (χ3v) is 7.61. The molecule has 32 heavy (non-hydrogen) atoms. The molecule has 1 unspecified atom stereocenters. The Bertz CT molecular complexity index is 893. The van der Waals surface area contributed by atoms with Crippen LogP contribution in [0, 0.1) is 0 Å². The number of likely N-dealkylation sites (N-methyl/N-ethyl adjacent to an activating group) is 1. The van der Waals surface area contributed by atoms with Crippen molar-refractivity contribution in [1.82, 2.24) is 9.80 Å². The third kappa shape index (κ3) is 4.33. The Kier molecular flexibility index (Phi) is 6.28. The minimum absolute atomic E-state index is 0.00372. The lowest BCUT2D eigenvalue weighted by atomic mass is 9.82. The van der Waals surface area contributed by atoms with Crippen LogP contribution in [-0.2, 0) is 14.3 Å². The Morgan fingerprint density at radius 2 is 1.91 bits per heavy atom. The molecule has 7 heteroatoms. The standard InChI is InChI=1S/C25H33N3O4/c1-27-14-12-21(27)25(30)26-20-6-4-13-28-22(20)15-31-18-10-8-17(9-11-18)19-5-2-3-7-23(19)32-16-24(28)29/h2-3,5,7,17-18,21-22H,4,6,8-16H2,1H3/t17?,18?,21-,22?/m0/s1. The lowest BCUT2D eigenvalue weighted by Crippen LogP contribution is -2.54. The highest BCUT2D eigenvalue weighted by molar-refractivity contribution is 6.02. The molecule has 4 heterocycles. The number of hydrogen-bond acceptors (Lipinski definition) is 5. The Morgan fingerprint density at radius 3 is 2.66 bits per heavy atom. The van der Waals surface area contributed by atoms with Gasteiger partial charge in [-0.3, -0.25) is 14.5 Å². The van der Waals surface area contributed by atoms with Gasteiger partial charge in [-0.15, -0.1) is 0 Å². The van der Waals surface area contributed by atoms with Gasteiger partial charge in [0, 0.05) is 18.8 Å². The SMILES string of the molecule is CN1CC[C@H]1C(=O)N=C1CCCN2C(=O)COc3ccccc3C3CCC(CC3)OCC12. The van der Waals surface area contributed by atoms with E-state index in [4.69, 9.17) is 9.47 Å². The van der Waals surface area contributed by atoms with E-state index in [0.717, 1.165) is 63.0 Å². The molecule has 0 radical (unpaired) electrons. The summed E-state index contributed by atoms with van der Waals surface area (Å²) in [6.45, 7) is 1.97. The molecule has 7 nitrogen and oxygen atoms in total. The average molecular weight is 440 g/mol. The van der Waals surface area contributed by atoms with Crippen LogP contribution in [0.4, 0.5) is 0 Å². The Hall–Kier alpha value is -2.25. The highest BCUT2D eigenvalue weighted by Crippen LogP contribution is 2.38.